The van der Waals surface area contributed by atoms with Crippen molar-refractivity contribution in [3.05, 3.63) is 0 Å². The van der Waals surface area contributed by atoms with Crippen LogP contribution in [-0.2, 0) is 18.6 Å². The van der Waals surface area contributed by atoms with E-state index < -0.39 is 14.7 Å². The topological polar surface area (TPSA) is 84.0 Å². The van der Waals surface area contributed by atoms with E-state index in [1.54, 1.807) is 9.80 Å². The van der Waals surface area contributed by atoms with Gasteiger partial charge in [-0.25, -0.2) is 13.2 Å². The zero-order chi connectivity index (χ0) is 19.9. The van der Waals surface area contributed by atoms with Gasteiger partial charge in [0.15, 0.2) is 0 Å². The molecule has 7 nitrogen and oxygen atoms in total. The molecule has 0 N–H and O–H groups in total. The van der Waals surface area contributed by atoms with E-state index in [1.807, 2.05) is 34.6 Å². The maximum atomic E-state index is 12.4. The van der Waals surface area contributed by atoms with Crippen LogP contribution >= 0.6 is 10.7 Å². The average Bonchev–Trinajstić information content (AvgIpc) is 2.73. The van der Waals surface area contributed by atoms with Gasteiger partial charge in [-0.2, -0.15) is 0 Å². The number of rotatable bonds is 3. The molecule has 2 amide bonds. The standard InChI is InChI=1S/C17H29ClN2O5S/c1-16(2,3)25-15(22)19-7-6-13(17(4,5)11-19)20-9-12(8-14(20)21)10-26(18,23)24/h12-13H,6-11H2,1-5H3. The number of nitrogens with zero attached hydrogens (tertiary/aromatic N) is 2. The molecule has 2 heterocycles. The molecule has 9 heteroatoms. The number of ether oxygens (including phenoxy) is 1. The molecule has 2 fully saturated rings. The minimum Gasteiger partial charge on any atom is -0.444 e. The van der Waals surface area contributed by atoms with Crippen molar-refractivity contribution in [2.75, 3.05) is 25.4 Å². The van der Waals surface area contributed by atoms with Crippen LogP contribution in [-0.4, -0.2) is 67.2 Å². The smallest absolute Gasteiger partial charge is 0.410 e. The number of hydrogen-bond acceptors (Lipinski definition) is 5. The van der Waals surface area contributed by atoms with Gasteiger partial charge in [-0.05, 0) is 27.2 Å². The highest BCUT2D eigenvalue weighted by Crippen LogP contribution is 2.37. The third-order valence-electron chi connectivity index (χ3n) is 4.87. The SMILES string of the molecule is CC(C)(C)OC(=O)N1CCC(N2CC(CS(=O)(=O)Cl)CC2=O)C(C)(C)C1. The van der Waals surface area contributed by atoms with Crippen LogP contribution in [0.4, 0.5) is 4.79 Å². The van der Waals surface area contributed by atoms with Gasteiger partial charge in [-0.15, -0.1) is 0 Å². The van der Waals surface area contributed by atoms with Crippen molar-refractivity contribution < 1.29 is 22.7 Å². The Bertz CT molecular complexity index is 671. The molecule has 0 aromatic heterocycles. The minimum absolute atomic E-state index is 0.0425. The monoisotopic (exact) mass is 408 g/mol. The Morgan fingerprint density at radius 3 is 2.46 bits per heavy atom. The number of halogens is 1. The second-order valence-corrected chi connectivity index (χ2v) is 11.8. The van der Waals surface area contributed by atoms with E-state index in [4.69, 9.17) is 15.4 Å². The summed E-state index contributed by atoms with van der Waals surface area (Å²) < 4.78 is 28.1. The summed E-state index contributed by atoms with van der Waals surface area (Å²) in [4.78, 5) is 28.2. The lowest BCUT2D eigenvalue weighted by Gasteiger charge is -2.47. The van der Waals surface area contributed by atoms with Crippen LogP contribution in [0.2, 0.25) is 0 Å². The van der Waals surface area contributed by atoms with Gasteiger partial charge in [-0.3, -0.25) is 4.79 Å². The summed E-state index contributed by atoms with van der Waals surface area (Å²) in [6, 6.07) is -0.0447. The van der Waals surface area contributed by atoms with E-state index in [1.165, 1.54) is 0 Å². The predicted octanol–water partition coefficient (Wildman–Crippen LogP) is 2.44. The van der Waals surface area contributed by atoms with Crippen LogP contribution in [0.5, 0.6) is 0 Å². The minimum atomic E-state index is -3.63. The molecular weight excluding hydrogens is 380 g/mol. The van der Waals surface area contributed by atoms with Gasteiger partial charge in [-0.1, -0.05) is 13.8 Å². The summed E-state index contributed by atoms with van der Waals surface area (Å²) in [6.07, 6.45) is 0.495. The highest BCUT2D eigenvalue weighted by molar-refractivity contribution is 8.13. The van der Waals surface area contributed by atoms with Crippen molar-refractivity contribution >= 4 is 31.7 Å². The van der Waals surface area contributed by atoms with Crippen LogP contribution < -0.4 is 0 Å². The lowest BCUT2D eigenvalue weighted by atomic mass is 9.78. The number of amides is 2. The van der Waals surface area contributed by atoms with Crippen molar-refractivity contribution in [2.45, 2.75) is 59.1 Å². The average molecular weight is 409 g/mol. The predicted molar refractivity (Wildman–Crippen MR) is 99.5 cm³/mol. The van der Waals surface area contributed by atoms with Gasteiger partial charge < -0.3 is 14.5 Å². The summed E-state index contributed by atoms with van der Waals surface area (Å²) in [7, 11) is 1.71. The fourth-order valence-corrected chi connectivity index (χ4v) is 5.23. The number of carbonyl (C=O) groups excluding carboxylic acids is 2. The van der Waals surface area contributed by atoms with Crippen molar-refractivity contribution in [1.29, 1.82) is 0 Å². The number of piperidine rings is 1. The molecular formula is C17H29ClN2O5S. The molecule has 0 aromatic carbocycles. The Morgan fingerprint density at radius 1 is 1.35 bits per heavy atom. The van der Waals surface area contributed by atoms with Crippen LogP contribution in [0.3, 0.4) is 0 Å². The Balaban J connectivity index is 2.04. The van der Waals surface area contributed by atoms with E-state index in [0.29, 0.717) is 26.1 Å². The molecule has 0 spiro atoms. The van der Waals surface area contributed by atoms with Crippen molar-refractivity contribution in [2.24, 2.45) is 11.3 Å². The van der Waals surface area contributed by atoms with E-state index in [9.17, 15) is 18.0 Å². The molecule has 2 rings (SSSR count). The van der Waals surface area contributed by atoms with Gasteiger partial charge in [0.25, 0.3) is 0 Å². The largest absolute Gasteiger partial charge is 0.444 e. The van der Waals surface area contributed by atoms with Crippen LogP contribution in [0.15, 0.2) is 0 Å². The Morgan fingerprint density at radius 2 is 1.96 bits per heavy atom. The fourth-order valence-electron chi connectivity index (χ4n) is 3.91. The lowest BCUT2D eigenvalue weighted by Crippen LogP contribution is -2.57. The van der Waals surface area contributed by atoms with Gasteiger partial charge in [0.2, 0.25) is 15.0 Å². The molecule has 150 valence electrons. The van der Waals surface area contributed by atoms with Crippen molar-refractivity contribution in [3.63, 3.8) is 0 Å². The van der Waals surface area contributed by atoms with Gasteiger partial charge in [0.1, 0.15) is 5.60 Å². The number of hydrogen-bond donors (Lipinski definition) is 0. The first-order valence-electron chi connectivity index (χ1n) is 8.88. The fraction of sp³-hybridized carbons (Fsp3) is 0.882. The number of likely N-dealkylation sites (tertiary alicyclic amines) is 2. The second kappa shape index (κ2) is 7.19. The lowest BCUT2D eigenvalue weighted by molar-refractivity contribution is -0.133. The normalized spacial score (nSPS) is 26.9. The van der Waals surface area contributed by atoms with Crippen LogP contribution in [0.1, 0.15) is 47.5 Å². The molecule has 0 saturated carbocycles. The second-order valence-electron chi connectivity index (χ2n) is 9.02. The van der Waals surface area contributed by atoms with Gasteiger partial charge in [0, 0.05) is 54.1 Å². The molecule has 2 atom stereocenters. The number of carbonyl (C=O) groups is 2. The first-order valence-corrected chi connectivity index (χ1v) is 11.4. The van der Waals surface area contributed by atoms with Crippen molar-refractivity contribution in [1.82, 2.24) is 9.80 Å². The molecule has 2 saturated heterocycles. The van der Waals surface area contributed by atoms with Crippen LogP contribution in [0.25, 0.3) is 0 Å². The zero-order valence-corrected chi connectivity index (χ0v) is 17.7. The van der Waals surface area contributed by atoms with Gasteiger partial charge >= 0.3 is 6.09 Å². The van der Waals surface area contributed by atoms with E-state index in [0.717, 1.165) is 0 Å². The third kappa shape index (κ3) is 5.49. The van der Waals surface area contributed by atoms with Crippen LogP contribution in [0, 0.1) is 11.3 Å². The Hall–Kier alpha value is -1.02. The molecule has 0 aliphatic carbocycles. The highest BCUT2D eigenvalue weighted by Gasteiger charge is 2.46. The van der Waals surface area contributed by atoms with E-state index in [-0.39, 0.29) is 41.5 Å². The molecule has 26 heavy (non-hydrogen) atoms. The van der Waals surface area contributed by atoms with Crippen molar-refractivity contribution in [3.8, 4) is 0 Å². The summed E-state index contributed by atoms with van der Waals surface area (Å²) >= 11 is 0. The highest BCUT2D eigenvalue weighted by atomic mass is 35.7. The molecule has 0 aromatic rings. The summed E-state index contributed by atoms with van der Waals surface area (Å²) in [5.74, 6) is -0.502. The molecule has 0 bridgehead atoms. The van der Waals surface area contributed by atoms with Gasteiger partial charge in [0.05, 0.1) is 5.75 Å². The maximum absolute atomic E-state index is 12.4. The molecule has 2 unspecified atom stereocenters. The maximum Gasteiger partial charge on any atom is 0.410 e. The Kier molecular flexibility index (Phi) is 5.88. The van der Waals surface area contributed by atoms with E-state index in [2.05, 4.69) is 0 Å². The summed E-state index contributed by atoms with van der Waals surface area (Å²) in [5.41, 5.74) is -0.872. The summed E-state index contributed by atoms with van der Waals surface area (Å²) in [6.45, 7) is 10.9. The molecule has 0 radical (unpaired) electrons. The zero-order valence-electron chi connectivity index (χ0n) is 16.1. The molecule has 2 aliphatic rings. The Labute approximate surface area is 160 Å². The van der Waals surface area contributed by atoms with E-state index >= 15 is 0 Å². The first kappa shape index (κ1) is 21.3. The third-order valence-corrected chi connectivity index (χ3v) is 6.12. The summed E-state index contributed by atoms with van der Waals surface area (Å²) in [5, 5.41) is 0. The first-order chi connectivity index (χ1) is 11.7. The molecule has 2 aliphatic heterocycles. The quantitative estimate of drug-likeness (QED) is 0.669.